The Morgan fingerprint density at radius 1 is 0.310 bits per heavy atom. The van der Waals surface area contributed by atoms with E-state index in [1.165, 1.54) is 91.8 Å². The van der Waals surface area contributed by atoms with Gasteiger partial charge in [0.2, 0.25) is 0 Å². The molecule has 14 rings (SSSR count). The van der Waals surface area contributed by atoms with Crippen molar-refractivity contribution in [3.63, 3.8) is 0 Å². The topological polar surface area (TPSA) is 3.24 Å². The number of anilines is 3. The molecular formula is C69H45NS. The van der Waals surface area contributed by atoms with E-state index in [0.29, 0.717) is 0 Å². The fraction of sp³-hybridized carbons (Fsp3) is 0.0145. The molecule has 1 aliphatic rings. The highest BCUT2D eigenvalue weighted by Gasteiger charge is 2.47. The van der Waals surface area contributed by atoms with Crippen LogP contribution >= 0.6 is 11.3 Å². The summed E-state index contributed by atoms with van der Waals surface area (Å²) in [5, 5.41) is 7.58. The van der Waals surface area contributed by atoms with Crippen molar-refractivity contribution in [1.29, 1.82) is 0 Å². The molecule has 332 valence electrons. The Hall–Kier alpha value is -8.82. The second kappa shape index (κ2) is 16.7. The van der Waals surface area contributed by atoms with Crippen LogP contribution in [-0.4, -0.2) is 0 Å². The number of benzene rings is 12. The van der Waals surface area contributed by atoms with Crippen LogP contribution in [0.1, 0.15) is 22.3 Å². The van der Waals surface area contributed by atoms with E-state index in [1.54, 1.807) is 0 Å². The minimum atomic E-state index is -0.567. The fourth-order valence-corrected chi connectivity index (χ4v) is 13.1. The molecule has 1 heterocycles. The van der Waals surface area contributed by atoms with Gasteiger partial charge in [0.05, 0.1) is 16.8 Å². The molecule has 0 atom stereocenters. The van der Waals surface area contributed by atoms with E-state index in [9.17, 15) is 0 Å². The molecule has 13 aromatic rings. The third-order valence-electron chi connectivity index (χ3n) is 14.9. The molecule has 0 amide bonds. The average Bonchev–Trinajstić information content (AvgIpc) is 3.99. The summed E-state index contributed by atoms with van der Waals surface area (Å²) in [5.74, 6) is 0. The molecule has 12 aromatic carbocycles. The van der Waals surface area contributed by atoms with Crippen molar-refractivity contribution in [2.75, 3.05) is 4.90 Å². The molecule has 1 aliphatic carbocycles. The first-order valence-corrected chi connectivity index (χ1v) is 25.3. The molecule has 0 bridgehead atoms. The van der Waals surface area contributed by atoms with E-state index in [1.807, 2.05) is 11.3 Å². The van der Waals surface area contributed by atoms with E-state index < -0.39 is 5.41 Å². The largest absolute Gasteiger partial charge is 0.309 e. The monoisotopic (exact) mass is 919 g/mol. The zero-order valence-corrected chi connectivity index (χ0v) is 39.7. The average molecular weight is 920 g/mol. The molecule has 2 heteroatoms. The van der Waals surface area contributed by atoms with E-state index in [2.05, 4.69) is 278 Å². The maximum absolute atomic E-state index is 2.57. The van der Waals surface area contributed by atoms with Gasteiger partial charge in [-0.3, -0.25) is 0 Å². The quantitative estimate of drug-likeness (QED) is 0.137. The van der Waals surface area contributed by atoms with Gasteiger partial charge in [0, 0.05) is 37.0 Å². The second-order valence-corrected chi connectivity index (χ2v) is 19.7. The van der Waals surface area contributed by atoms with Gasteiger partial charge >= 0.3 is 0 Å². The number of fused-ring (bicyclic) bond motifs is 9. The van der Waals surface area contributed by atoms with Gasteiger partial charge in [0.15, 0.2) is 0 Å². The number of hydrogen-bond donors (Lipinski definition) is 0. The van der Waals surface area contributed by atoms with Crippen LogP contribution in [0.5, 0.6) is 0 Å². The minimum Gasteiger partial charge on any atom is -0.309 e. The van der Waals surface area contributed by atoms with E-state index >= 15 is 0 Å². The maximum atomic E-state index is 2.57. The predicted molar refractivity (Wildman–Crippen MR) is 303 cm³/mol. The van der Waals surface area contributed by atoms with Crippen molar-refractivity contribution >= 4 is 70.1 Å². The first-order chi connectivity index (χ1) is 35.2. The molecule has 0 radical (unpaired) electrons. The molecular weight excluding hydrogens is 875 g/mol. The van der Waals surface area contributed by atoms with Crippen molar-refractivity contribution < 1.29 is 0 Å². The summed E-state index contributed by atoms with van der Waals surface area (Å²) in [5.41, 5.74) is 17.3. The lowest BCUT2D eigenvalue weighted by Gasteiger charge is -2.35. The molecule has 0 unspecified atom stereocenters. The predicted octanol–water partition coefficient (Wildman–Crippen LogP) is 19.2. The van der Waals surface area contributed by atoms with Gasteiger partial charge in [-0.15, -0.1) is 11.3 Å². The van der Waals surface area contributed by atoms with Crippen molar-refractivity contribution in [2.24, 2.45) is 0 Å². The van der Waals surface area contributed by atoms with Crippen LogP contribution < -0.4 is 4.90 Å². The van der Waals surface area contributed by atoms with Gasteiger partial charge in [-0.1, -0.05) is 237 Å². The minimum absolute atomic E-state index is 0.567. The summed E-state index contributed by atoms with van der Waals surface area (Å²) in [6, 6.07) is 101. The van der Waals surface area contributed by atoms with Crippen molar-refractivity contribution in [1.82, 2.24) is 0 Å². The standard InChI is InChI=1S/C69H45NS/c1-4-21-46(22-5-1)54-42-41-49(61-44-48-23-10-11-30-53(48)56-31-12-13-32-57(56)61)45-65(54)70(52-29-18-24-47(43-52)55-35-19-36-59-58-33-15-17-40-66(58)71-68(55)59)64-39-20-38-63-67(64)60-34-14-16-37-62(60)69(63,50-25-6-2-7-26-50)51-27-8-3-9-28-51/h1-45H. The van der Waals surface area contributed by atoms with E-state index in [4.69, 9.17) is 0 Å². The van der Waals surface area contributed by atoms with Gasteiger partial charge in [-0.2, -0.15) is 0 Å². The van der Waals surface area contributed by atoms with Crippen LogP contribution in [0.25, 0.3) is 86.2 Å². The highest BCUT2D eigenvalue weighted by atomic mass is 32.1. The smallest absolute Gasteiger partial charge is 0.0714 e. The molecule has 0 saturated heterocycles. The summed E-state index contributed by atoms with van der Waals surface area (Å²) >= 11 is 1.88. The Balaban J connectivity index is 1.09. The summed E-state index contributed by atoms with van der Waals surface area (Å²) in [6.45, 7) is 0. The SMILES string of the molecule is c1ccc(-c2ccc(-c3cc4ccccc4c4ccccc34)cc2N(c2cccc(-c3cccc4c3sc3ccccc34)c2)c2cccc3c2-c2ccccc2C3(c2ccccc2)c2ccccc2)cc1. The molecule has 1 nitrogen and oxygen atoms in total. The molecule has 1 aromatic heterocycles. The Morgan fingerprint density at radius 2 is 0.887 bits per heavy atom. The summed E-state index contributed by atoms with van der Waals surface area (Å²) in [7, 11) is 0. The zero-order chi connectivity index (χ0) is 46.9. The van der Waals surface area contributed by atoms with Crippen molar-refractivity contribution in [3.8, 4) is 44.5 Å². The first kappa shape index (κ1) is 41.2. The maximum Gasteiger partial charge on any atom is 0.0714 e. The zero-order valence-electron chi connectivity index (χ0n) is 38.8. The first-order valence-electron chi connectivity index (χ1n) is 24.5. The molecule has 0 fully saturated rings. The Kier molecular flexibility index (Phi) is 9.69. The van der Waals surface area contributed by atoms with E-state index in [-0.39, 0.29) is 0 Å². The van der Waals surface area contributed by atoms with Crippen LogP contribution in [0.3, 0.4) is 0 Å². The Labute approximate surface area is 417 Å². The number of rotatable bonds is 8. The van der Waals surface area contributed by atoms with Gasteiger partial charge in [0.1, 0.15) is 0 Å². The number of nitrogens with zero attached hydrogens (tertiary/aromatic N) is 1. The fourth-order valence-electron chi connectivity index (χ4n) is 11.9. The molecule has 71 heavy (non-hydrogen) atoms. The van der Waals surface area contributed by atoms with Crippen LogP contribution in [-0.2, 0) is 5.41 Å². The highest BCUT2D eigenvalue weighted by Crippen LogP contribution is 2.60. The Morgan fingerprint density at radius 3 is 1.69 bits per heavy atom. The van der Waals surface area contributed by atoms with Gasteiger partial charge in [-0.05, 0) is 114 Å². The lowest BCUT2D eigenvalue weighted by molar-refractivity contribution is 0.768. The lowest BCUT2D eigenvalue weighted by Crippen LogP contribution is -2.28. The molecule has 0 saturated carbocycles. The number of hydrogen-bond acceptors (Lipinski definition) is 2. The third kappa shape index (κ3) is 6.46. The van der Waals surface area contributed by atoms with E-state index in [0.717, 1.165) is 33.8 Å². The normalized spacial score (nSPS) is 12.6. The Bertz CT molecular complexity index is 4130. The molecule has 0 spiro atoms. The van der Waals surface area contributed by atoms with Gasteiger partial charge < -0.3 is 4.90 Å². The van der Waals surface area contributed by atoms with Crippen molar-refractivity contribution in [2.45, 2.75) is 5.41 Å². The molecule has 0 aliphatic heterocycles. The van der Waals surface area contributed by atoms with Crippen LogP contribution in [0.4, 0.5) is 17.1 Å². The van der Waals surface area contributed by atoms with Crippen LogP contribution in [0, 0.1) is 0 Å². The van der Waals surface area contributed by atoms with Crippen LogP contribution in [0.15, 0.2) is 273 Å². The van der Waals surface area contributed by atoms with Crippen molar-refractivity contribution in [3.05, 3.63) is 295 Å². The van der Waals surface area contributed by atoms with Gasteiger partial charge in [-0.25, -0.2) is 0 Å². The summed E-state index contributed by atoms with van der Waals surface area (Å²) in [6.07, 6.45) is 0. The highest BCUT2D eigenvalue weighted by molar-refractivity contribution is 7.26. The summed E-state index contributed by atoms with van der Waals surface area (Å²) in [4.78, 5) is 2.57. The van der Waals surface area contributed by atoms with Gasteiger partial charge in [0.25, 0.3) is 0 Å². The molecule has 0 N–H and O–H groups in total. The van der Waals surface area contributed by atoms with Crippen LogP contribution in [0.2, 0.25) is 0 Å². The summed E-state index contributed by atoms with van der Waals surface area (Å²) < 4.78 is 2.61. The number of thiophene rings is 1. The second-order valence-electron chi connectivity index (χ2n) is 18.7. The third-order valence-corrected chi connectivity index (χ3v) is 16.1. The lowest BCUT2D eigenvalue weighted by atomic mass is 9.68.